The van der Waals surface area contributed by atoms with Gasteiger partial charge in [-0.3, -0.25) is 4.90 Å². The van der Waals surface area contributed by atoms with Crippen molar-refractivity contribution in [2.24, 2.45) is 0 Å². The third-order valence-electron chi connectivity index (χ3n) is 7.65. The summed E-state index contributed by atoms with van der Waals surface area (Å²) >= 11 is 0. The van der Waals surface area contributed by atoms with Gasteiger partial charge in [0.15, 0.2) is 0 Å². The zero-order chi connectivity index (χ0) is 25.0. The van der Waals surface area contributed by atoms with Gasteiger partial charge >= 0.3 is 0 Å². The molecule has 1 aliphatic rings. The highest BCUT2D eigenvalue weighted by Gasteiger charge is 2.24. The molecule has 6 rings (SSSR count). The van der Waals surface area contributed by atoms with E-state index < -0.39 is 0 Å². The number of likely N-dealkylation sites (tertiary alicyclic amines) is 1. The van der Waals surface area contributed by atoms with E-state index in [1.54, 1.807) is 7.11 Å². The Morgan fingerprint density at radius 3 is 2.13 bits per heavy atom. The maximum absolute atomic E-state index is 6.50. The molecule has 0 spiro atoms. The number of para-hydroxylation sites is 1. The highest BCUT2D eigenvalue weighted by molar-refractivity contribution is 6.09. The lowest BCUT2D eigenvalue weighted by Gasteiger charge is -2.25. The Balaban J connectivity index is 0.00000294. The van der Waals surface area contributed by atoms with Crippen molar-refractivity contribution in [1.82, 2.24) is 4.90 Å². The molecule has 0 amide bonds. The monoisotopic (exact) mass is 523 g/mol. The van der Waals surface area contributed by atoms with Crippen LogP contribution in [0.15, 0.2) is 103 Å². The smallest absolute Gasteiger partial charge is 0.123 e. The van der Waals surface area contributed by atoms with E-state index in [2.05, 4.69) is 108 Å². The molecule has 0 saturated carbocycles. The average molecular weight is 524 g/mol. The second-order valence-corrected chi connectivity index (χ2v) is 9.87. The molecule has 1 unspecified atom stereocenters. The lowest BCUT2D eigenvalue weighted by Crippen LogP contribution is -2.25. The average Bonchev–Trinajstić information content (AvgIpc) is 3.48. The van der Waals surface area contributed by atoms with Gasteiger partial charge in [-0.15, -0.1) is 12.4 Å². The standard InChI is InChI=1S/C34H33NO2.ClH/c1-36-27-18-16-25(17-19-27)34(31-14-6-7-15-33(31)37-23-22-35-20-8-9-21-35)32-24-26-10-2-3-11-28(26)29-12-4-5-13-30(29)32;/h2-7,10-19,24,34H,8-9,20-23H2,1H3;1H. The molecule has 0 radical (unpaired) electrons. The molecule has 0 aliphatic carbocycles. The SMILES string of the molecule is COc1ccc(C(c2ccccc2OCCN2CCCC2)c2cc3ccccc3c3ccccc23)cc1.Cl. The Morgan fingerprint density at radius 1 is 0.711 bits per heavy atom. The topological polar surface area (TPSA) is 21.7 Å². The van der Waals surface area contributed by atoms with Crippen LogP contribution in [0.2, 0.25) is 0 Å². The number of methoxy groups -OCH3 is 1. The van der Waals surface area contributed by atoms with Gasteiger partial charge in [-0.2, -0.15) is 0 Å². The van der Waals surface area contributed by atoms with Crippen molar-refractivity contribution in [2.45, 2.75) is 18.8 Å². The summed E-state index contributed by atoms with van der Waals surface area (Å²) in [4.78, 5) is 2.50. The first-order chi connectivity index (χ1) is 18.3. The van der Waals surface area contributed by atoms with E-state index in [-0.39, 0.29) is 18.3 Å². The zero-order valence-electron chi connectivity index (χ0n) is 21.8. The summed E-state index contributed by atoms with van der Waals surface area (Å²) < 4.78 is 12.0. The fraction of sp³-hybridized carbons (Fsp3) is 0.235. The van der Waals surface area contributed by atoms with Gasteiger partial charge in [-0.25, -0.2) is 0 Å². The highest BCUT2D eigenvalue weighted by Crippen LogP contribution is 2.42. The van der Waals surface area contributed by atoms with Crippen LogP contribution < -0.4 is 9.47 Å². The van der Waals surface area contributed by atoms with Gasteiger partial charge in [0, 0.05) is 18.0 Å². The quantitative estimate of drug-likeness (QED) is 0.151. The molecule has 0 aromatic heterocycles. The minimum absolute atomic E-state index is 0. The molecule has 1 aliphatic heterocycles. The van der Waals surface area contributed by atoms with Gasteiger partial charge in [-0.1, -0.05) is 78.9 Å². The molecule has 1 heterocycles. The van der Waals surface area contributed by atoms with Gasteiger partial charge in [0.2, 0.25) is 0 Å². The Labute approximate surface area is 231 Å². The van der Waals surface area contributed by atoms with Crippen molar-refractivity contribution < 1.29 is 9.47 Å². The summed E-state index contributed by atoms with van der Waals surface area (Å²) in [5, 5.41) is 5.09. The lowest BCUT2D eigenvalue weighted by molar-refractivity contribution is 0.236. The van der Waals surface area contributed by atoms with Crippen LogP contribution >= 0.6 is 12.4 Å². The molecular weight excluding hydrogens is 490 g/mol. The van der Waals surface area contributed by atoms with Crippen molar-refractivity contribution in [1.29, 1.82) is 0 Å². The van der Waals surface area contributed by atoms with E-state index >= 15 is 0 Å². The maximum Gasteiger partial charge on any atom is 0.123 e. The van der Waals surface area contributed by atoms with Crippen LogP contribution in [-0.2, 0) is 0 Å². The van der Waals surface area contributed by atoms with Crippen molar-refractivity contribution in [2.75, 3.05) is 33.4 Å². The summed E-state index contributed by atoms with van der Waals surface area (Å²) in [5.74, 6) is 1.84. The molecule has 5 aromatic carbocycles. The number of ether oxygens (including phenoxy) is 2. The van der Waals surface area contributed by atoms with Crippen molar-refractivity contribution >= 4 is 34.0 Å². The molecule has 0 N–H and O–H groups in total. The number of rotatable bonds is 8. The Kier molecular flexibility index (Phi) is 8.17. The number of hydrogen-bond donors (Lipinski definition) is 0. The van der Waals surface area contributed by atoms with Crippen molar-refractivity contribution in [3.05, 3.63) is 120 Å². The first kappa shape index (κ1) is 26.1. The van der Waals surface area contributed by atoms with Gasteiger partial charge in [0.25, 0.3) is 0 Å². The number of halogens is 1. The normalized spacial score (nSPS) is 14.3. The lowest BCUT2D eigenvalue weighted by atomic mass is 9.81. The molecule has 1 atom stereocenters. The van der Waals surface area contributed by atoms with Crippen LogP contribution in [0.4, 0.5) is 0 Å². The third kappa shape index (κ3) is 5.22. The van der Waals surface area contributed by atoms with Crippen LogP contribution in [0.3, 0.4) is 0 Å². The number of fused-ring (bicyclic) bond motifs is 3. The number of hydrogen-bond acceptors (Lipinski definition) is 3. The minimum atomic E-state index is 0. The largest absolute Gasteiger partial charge is 0.497 e. The fourth-order valence-corrected chi connectivity index (χ4v) is 5.79. The van der Waals surface area contributed by atoms with Crippen LogP contribution in [-0.4, -0.2) is 38.3 Å². The first-order valence-electron chi connectivity index (χ1n) is 13.3. The first-order valence-corrected chi connectivity index (χ1v) is 13.3. The van der Waals surface area contributed by atoms with E-state index in [1.165, 1.54) is 64.2 Å². The summed E-state index contributed by atoms with van der Waals surface area (Å²) in [7, 11) is 1.72. The Bertz CT molecular complexity index is 1510. The molecular formula is C34H34ClNO2. The Hall–Kier alpha value is -3.53. The number of benzene rings is 5. The van der Waals surface area contributed by atoms with E-state index in [1.807, 2.05) is 0 Å². The van der Waals surface area contributed by atoms with Gasteiger partial charge in [0.1, 0.15) is 18.1 Å². The molecule has 5 aromatic rings. The summed E-state index contributed by atoms with van der Waals surface area (Å²) in [6.45, 7) is 4.04. The van der Waals surface area contributed by atoms with Gasteiger partial charge in [-0.05, 0) is 82.9 Å². The minimum Gasteiger partial charge on any atom is -0.497 e. The fourth-order valence-electron chi connectivity index (χ4n) is 5.79. The van der Waals surface area contributed by atoms with Gasteiger partial charge in [0.05, 0.1) is 7.11 Å². The maximum atomic E-state index is 6.50. The predicted molar refractivity (Wildman–Crippen MR) is 160 cm³/mol. The van der Waals surface area contributed by atoms with E-state index in [0.29, 0.717) is 6.61 Å². The summed E-state index contributed by atoms with van der Waals surface area (Å²) in [6, 6.07) is 36.9. The predicted octanol–water partition coefficient (Wildman–Crippen LogP) is 8.08. The molecule has 38 heavy (non-hydrogen) atoms. The van der Waals surface area contributed by atoms with Crippen LogP contribution in [0.25, 0.3) is 21.5 Å². The van der Waals surface area contributed by atoms with E-state index in [0.717, 1.165) is 18.0 Å². The summed E-state index contributed by atoms with van der Waals surface area (Å²) in [5.41, 5.74) is 3.70. The summed E-state index contributed by atoms with van der Waals surface area (Å²) in [6.07, 6.45) is 2.59. The van der Waals surface area contributed by atoms with Crippen LogP contribution in [0, 0.1) is 0 Å². The zero-order valence-corrected chi connectivity index (χ0v) is 22.6. The van der Waals surface area contributed by atoms with E-state index in [4.69, 9.17) is 9.47 Å². The van der Waals surface area contributed by atoms with Crippen LogP contribution in [0.1, 0.15) is 35.4 Å². The van der Waals surface area contributed by atoms with Crippen molar-refractivity contribution in [3.8, 4) is 11.5 Å². The molecule has 1 saturated heterocycles. The third-order valence-corrected chi connectivity index (χ3v) is 7.65. The molecule has 194 valence electrons. The second kappa shape index (κ2) is 11.9. The number of nitrogens with zero attached hydrogens (tertiary/aromatic N) is 1. The van der Waals surface area contributed by atoms with E-state index in [9.17, 15) is 0 Å². The van der Waals surface area contributed by atoms with Crippen molar-refractivity contribution in [3.63, 3.8) is 0 Å². The molecule has 3 nitrogen and oxygen atoms in total. The molecule has 0 bridgehead atoms. The van der Waals surface area contributed by atoms with Crippen LogP contribution in [0.5, 0.6) is 11.5 Å². The second-order valence-electron chi connectivity index (χ2n) is 9.87. The van der Waals surface area contributed by atoms with Gasteiger partial charge < -0.3 is 9.47 Å². The highest BCUT2D eigenvalue weighted by atomic mass is 35.5. The molecule has 4 heteroatoms. The Morgan fingerprint density at radius 2 is 1.37 bits per heavy atom. The molecule has 1 fully saturated rings.